The van der Waals surface area contributed by atoms with E-state index in [1.54, 1.807) is 62.5 Å². The molecule has 7 rings (SSSR count). The Kier molecular flexibility index (Phi) is 36.3. The predicted molar refractivity (Wildman–Crippen MR) is 419 cm³/mol. The van der Waals surface area contributed by atoms with E-state index in [0.717, 1.165) is 39.0 Å². The first-order valence-corrected chi connectivity index (χ1v) is 40.8. The van der Waals surface area contributed by atoms with Gasteiger partial charge in [0.1, 0.15) is 84.2 Å². The maximum atomic E-state index is 15.4. The number of guanidine groups is 1. The number of nitrogens with zero attached hydrogens (tertiary/aromatic N) is 7. The Morgan fingerprint density at radius 1 is 0.652 bits per heavy atom. The molecule has 1 aromatic heterocycles. The monoisotopic (exact) mass is 1650 g/mol. The van der Waals surface area contributed by atoms with E-state index in [0.29, 0.717) is 30.5 Å². The Morgan fingerprint density at radius 3 is 1.91 bits per heavy atom. The number of aliphatic carboxylic acids is 2. The van der Waals surface area contributed by atoms with Crippen molar-refractivity contribution in [2.45, 2.75) is 208 Å². The van der Waals surface area contributed by atoms with Gasteiger partial charge in [0.2, 0.25) is 76.8 Å². The minimum absolute atomic E-state index is 0.00349. The van der Waals surface area contributed by atoms with Gasteiger partial charge in [-0.3, -0.25) is 76.8 Å². The lowest BCUT2D eigenvalue weighted by Crippen LogP contribution is -2.62. The number of carbonyl (C=O) groups excluding carboxylic acids is 13. The highest BCUT2D eigenvalue weighted by Crippen LogP contribution is 2.29. The summed E-state index contributed by atoms with van der Waals surface area (Å²) in [5.74, 6) is -17.3. The van der Waals surface area contributed by atoms with Gasteiger partial charge in [-0.05, 0) is 102 Å². The van der Waals surface area contributed by atoms with E-state index >= 15 is 24.0 Å². The molecule has 4 aliphatic rings. The number of aliphatic imine (C=N–C) groups is 1. The number of benzene rings is 2. The van der Waals surface area contributed by atoms with Crippen LogP contribution in [0.2, 0.25) is 0 Å². The van der Waals surface area contributed by atoms with Crippen LogP contribution in [0.25, 0.3) is 11.3 Å². The molecule has 0 radical (unpaired) electrons. The summed E-state index contributed by atoms with van der Waals surface area (Å²) in [7, 11) is 1.64. The molecule has 115 heavy (non-hydrogen) atoms. The van der Waals surface area contributed by atoms with Crippen molar-refractivity contribution in [2.75, 3.05) is 57.4 Å². The van der Waals surface area contributed by atoms with Crippen LogP contribution in [0, 0.1) is 5.92 Å². The molecule has 13 amide bonds. The third-order valence-electron chi connectivity index (χ3n) is 20.1. The van der Waals surface area contributed by atoms with Crippen LogP contribution in [0.5, 0.6) is 0 Å². The minimum atomic E-state index is -1.95. The molecule has 5 heterocycles. The number of unbranched alkanes of at least 4 members (excludes halogenated alkanes) is 1. The lowest BCUT2D eigenvalue weighted by atomic mass is 9.97. The Bertz CT molecular complexity index is 3920. The SMILES string of the molecule is CC[C@H](C)[C@@H]1NC(=O)[C@@H]2CCCN2C(=O)[C@@H]2CCCN2C(=O)[C@H](CCn2cc(-c3ccccc3)nn2)NC(=O)[C@H](CO)NC(=O)[C@H](CCCCN)NC(=O)[C@H]([C@@H](C)O)NC(=O)[C@@H](NC(=O)[C@H](CCCN=C(N)N)NC(=O)CN)CSSC[C@@H](C(=O)N[C@@H](Cc2ccccc2)C(=O)N2CCC[C@H]2C(=O)N[C@@H](CC(=O)O)C(=O)O)NC1=O. The molecule has 22 N–H and O–H groups in total. The van der Waals surface area contributed by atoms with Crippen molar-refractivity contribution in [1.82, 2.24) is 82.9 Å². The quantitative estimate of drug-likeness (QED) is 0.0128. The molecule has 0 bridgehead atoms. The number of aryl methyl sites for hydroxylation is 1. The molecule has 4 saturated heterocycles. The van der Waals surface area contributed by atoms with Gasteiger partial charge in [0, 0.05) is 56.2 Å². The molecule has 630 valence electrons. The number of rotatable bonds is 30. The van der Waals surface area contributed by atoms with Crippen LogP contribution in [0.4, 0.5) is 0 Å². The van der Waals surface area contributed by atoms with Crippen LogP contribution in [0.15, 0.2) is 71.9 Å². The summed E-state index contributed by atoms with van der Waals surface area (Å²) in [5, 5.41) is 75.7. The number of carboxylic acid groups (broad SMARTS) is 2. The van der Waals surface area contributed by atoms with Crippen molar-refractivity contribution < 1.29 is 92.3 Å². The smallest absolute Gasteiger partial charge is 0.326 e. The third-order valence-corrected chi connectivity index (χ3v) is 22.5. The number of amides is 13. The van der Waals surface area contributed by atoms with Gasteiger partial charge in [-0.1, -0.05) is 108 Å². The highest BCUT2D eigenvalue weighted by Gasteiger charge is 2.47. The van der Waals surface area contributed by atoms with Crippen molar-refractivity contribution in [1.29, 1.82) is 0 Å². The van der Waals surface area contributed by atoms with Crippen LogP contribution in [0.1, 0.15) is 116 Å². The third kappa shape index (κ3) is 27.0. The van der Waals surface area contributed by atoms with Crippen LogP contribution < -0.4 is 76.1 Å². The Balaban J connectivity index is 1.30. The first-order chi connectivity index (χ1) is 55.0. The van der Waals surface area contributed by atoms with Crippen LogP contribution in [-0.2, 0) is 84.9 Å². The number of carboxylic acids is 2. The van der Waals surface area contributed by atoms with E-state index in [2.05, 4.69) is 68.5 Å². The fourth-order valence-electron chi connectivity index (χ4n) is 13.6. The molecule has 15 atom stereocenters. The van der Waals surface area contributed by atoms with Crippen LogP contribution in [0.3, 0.4) is 0 Å². The molecule has 0 spiro atoms. The van der Waals surface area contributed by atoms with Crippen molar-refractivity contribution in [3.05, 3.63) is 72.4 Å². The topological polar surface area (TPSA) is 614 Å². The largest absolute Gasteiger partial charge is 0.481 e. The zero-order valence-electron chi connectivity index (χ0n) is 64.4. The maximum Gasteiger partial charge on any atom is 0.326 e. The second kappa shape index (κ2) is 45.5. The number of carbonyl (C=O) groups is 15. The van der Waals surface area contributed by atoms with E-state index in [1.807, 2.05) is 18.2 Å². The number of nitrogens with one attached hydrogen (secondary N) is 10. The van der Waals surface area contributed by atoms with Gasteiger partial charge in [0.25, 0.3) is 0 Å². The number of nitrogens with two attached hydrogens (primary N) is 4. The lowest BCUT2D eigenvalue weighted by Gasteiger charge is -2.34. The fourth-order valence-corrected chi connectivity index (χ4v) is 16.0. The first kappa shape index (κ1) is 91.6. The highest BCUT2D eigenvalue weighted by molar-refractivity contribution is 8.76. The number of hydrogen-bond donors (Lipinski definition) is 18. The average molecular weight is 1650 g/mol. The molecule has 2 aromatic carbocycles. The lowest BCUT2D eigenvalue weighted by molar-refractivity contribution is -0.148. The van der Waals surface area contributed by atoms with E-state index < -0.39 is 210 Å². The van der Waals surface area contributed by atoms with Crippen molar-refractivity contribution in [3.8, 4) is 11.3 Å². The number of aromatic nitrogens is 3. The maximum absolute atomic E-state index is 15.4. The number of aliphatic hydroxyl groups excluding tert-OH is 2. The molecular formula is C73H107N21O19S2. The number of likely N-dealkylation sites (tertiary alicyclic amines) is 1. The molecule has 3 aromatic rings. The van der Waals surface area contributed by atoms with Crippen molar-refractivity contribution >= 4 is 116 Å². The van der Waals surface area contributed by atoms with E-state index in [9.17, 15) is 68.4 Å². The van der Waals surface area contributed by atoms with Gasteiger partial charge in [0.05, 0.1) is 31.9 Å². The average Bonchev–Trinajstić information content (AvgIpc) is 1.68. The molecular weight excluding hydrogens is 1540 g/mol. The highest BCUT2D eigenvalue weighted by atomic mass is 33.1. The molecule has 42 heteroatoms. The van der Waals surface area contributed by atoms with Gasteiger partial charge >= 0.3 is 11.9 Å². The minimum Gasteiger partial charge on any atom is -0.481 e. The van der Waals surface area contributed by atoms with Gasteiger partial charge in [-0.15, -0.1) is 5.10 Å². The summed E-state index contributed by atoms with van der Waals surface area (Å²) in [5.41, 5.74) is 24.3. The Labute approximate surface area is 671 Å². The van der Waals surface area contributed by atoms with E-state index in [4.69, 9.17) is 22.9 Å². The standard InChI is InChI=1S/C73H107N21O19S2/c1-4-40(2)58-67(107)86-51(63(103)82-47(33-42-17-7-5-8-18-42)70(110)92-29-14-23-53(92)65(105)83-48(72(112)113)34-57(98)99)38-114-115-39-52(85-60(100)44(79-56(97)35-75)22-13-28-78-73(76)77)64(104)88-59(41(3)96)68(108)80-45(21-11-12-27-74)61(101)84-50(37-95)62(102)81-46(26-32-91-36-49(89-90-91)43-19-9-6-10-20-43)69(109)94-31-16-25-55(94)71(111)93-30-15-24-54(93)66(106)87-58/h5-10,17-20,36,40-41,44-48,50-55,58-59,95-96H,4,11-16,21-35,37-39,74-75H2,1-3H3,(H,79,97)(H,80,108)(H,81,102)(H,82,103)(H,83,105)(H,84,101)(H,85,100)(H,86,107)(H,87,106)(H,88,104)(H,98,99)(H,112,113)(H4,76,77,78)/t40-,41+,44-,45-,46-,47-,48-,50-,51-,52-,53-,54-,55-,58-,59-/m0/s1. The summed E-state index contributed by atoms with van der Waals surface area (Å²) in [6.45, 7) is 2.85. The van der Waals surface area contributed by atoms with Crippen molar-refractivity contribution in [2.24, 2.45) is 33.8 Å². The molecule has 40 nitrogen and oxygen atoms in total. The molecule has 0 aliphatic carbocycles. The molecule has 0 saturated carbocycles. The number of fused-ring (bicyclic) bond motifs is 2. The van der Waals surface area contributed by atoms with Gasteiger partial charge in [0.15, 0.2) is 5.96 Å². The van der Waals surface area contributed by atoms with Crippen LogP contribution in [-0.4, -0.2) is 287 Å². The Hall–Kier alpha value is -10.6. The zero-order chi connectivity index (χ0) is 84.0. The van der Waals surface area contributed by atoms with Gasteiger partial charge in [-0.2, -0.15) is 0 Å². The van der Waals surface area contributed by atoms with E-state index in [-0.39, 0.29) is 116 Å². The summed E-state index contributed by atoms with van der Waals surface area (Å²) >= 11 is 0. The normalized spacial score (nSPS) is 23.8. The summed E-state index contributed by atoms with van der Waals surface area (Å²) in [6.07, 6.45) is -0.108. The first-order valence-electron chi connectivity index (χ1n) is 38.3. The zero-order valence-corrected chi connectivity index (χ0v) is 66.0. The number of hydrogen-bond acceptors (Lipinski definition) is 24. The second-order valence-electron chi connectivity index (χ2n) is 28.6. The molecule has 4 aliphatic heterocycles. The second-order valence-corrected chi connectivity index (χ2v) is 31.1. The van der Waals surface area contributed by atoms with Gasteiger partial charge in [-0.25, -0.2) is 4.79 Å². The van der Waals surface area contributed by atoms with Crippen molar-refractivity contribution in [3.63, 3.8) is 0 Å². The summed E-state index contributed by atoms with van der Waals surface area (Å²) in [4.78, 5) is 223. The summed E-state index contributed by atoms with van der Waals surface area (Å²) in [6, 6.07) is -3.07. The Morgan fingerprint density at radius 2 is 1.27 bits per heavy atom. The van der Waals surface area contributed by atoms with Crippen LogP contribution >= 0.6 is 21.6 Å². The number of aliphatic hydroxyl groups is 2. The predicted octanol–water partition coefficient (Wildman–Crippen LogP) is -5.09. The molecule has 4 fully saturated rings. The fraction of sp³-hybridized carbons (Fsp3) is 0.589. The van der Waals surface area contributed by atoms with Gasteiger partial charge < -0.3 is 111 Å². The van der Waals surface area contributed by atoms with E-state index in [1.165, 1.54) is 14.5 Å². The molecule has 0 unspecified atom stereocenters. The summed E-state index contributed by atoms with van der Waals surface area (Å²) < 4.78 is 1.43.